The molecule has 0 rings (SSSR count). The molecule has 0 aromatic carbocycles. The number of nitrogens with zero attached hydrogens (tertiary/aromatic N) is 2. The Balaban J connectivity index is 4.11. The molecule has 3 nitrogen and oxygen atoms in total. The molecule has 0 aromatic rings. The van der Waals surface area contributed by atoms with E-state index in [1.165, 1.54) is 11.0 Å². The van der Waals surface area contributed by atoms with Gasteiger partial charge in [0.15, 0.2) is 0 Å². The third-order valence-electron chi connectivity index (χ3n) is 1.41. The zero-order valence-corrected chi connectivity index (χ0v) is 6.67. The van der Waals surface area contributed by atoms with E-state index in [2.05, 4.69) is 0 Å². The maximum atomic E-state index is 12.4. The van der Waals surface area contributed by atoms with E-state index in [0.717, 1.165) is 0 Å². The number of amides is 1. The smallest absolute Gasteiger partial charge is 0.271 e. The van der Waals surface area contributed by atoms with Gasteiger partial charge in [-0.15, -0.1) is 0 Å². The van der Waals surface area contributed by atoms with Gasteiger partial charge in [-0.25, -0.2) is 4.39 Å². The summed E-state index contributed by atoms with van der Waals surface area (Å²) >= 11 is 0. The van der Waals surface area contributed by atoms with Crippen LogP contribution in [0.4, 0.5) is 4.39 Å². The Morgan fingerprint density at radius 2 is 2.09 bits per heavy atom. The van der Waals surface area contributed by atoms with Crippen LogP contribution in [0.25, 0.3) is 0 Å². The molecular formula is C7H11FN2O. The second-order valence-electron chi connectivity index (χ2n) is 2.00. The van der Waals surface area contributed by atoms with Gasteiger partial charge in [0, 0.05) is 13.1 Å². The Morgan fingerprint density at radius 1 is 1.64 bits per heavy atom. The molecule has 0 saturated heterocycles. The van der Waals surface area contributed by atoms with Gasteiger partial charge in [0.05, 0.1) is 0 Å². The van der Waals surface area contributed by atoms with E-state index in [9.17, 15) is 9.18 Å². The minimum Gasteiger partial charge on any atom is -0.340 e. The van der Waals surface area contributed by atoms with Gasteiger partial charge in [-0.05, 0) is 13.8 Å². The molecule has 11 heavy (non-hydrogen) atoms. The van der Waals surface area contributed by atoms with E-state index in [1.807, 2.05) is 0 Å². The predicted octanol–water partition coefficient (Wildman–Crippen LogP) is 0.716. The second-order valence-corrected chi connectivity index (χ2v) is 2.00. The Kier molecular flexibility index (Phi) is 4.20. The van der Waals surface area contributed by atoms with Crippen molar-refractivity contribution in [2.45, 2.75) is 20.0 Å². The molecule has 4 heteroatoms. The van der Waals surface area contributed by atoms with Crippen LogP contribution in [-0.2, 0) is 4.79 Å². The van der Waals surface area contributed by atoms with Gasteiger partial charge in [0.1, 0.15) is 6.07 Å². The number of nitriles is 1. The molecule has 0 saturated carbocycles. The largest absolute Gasteiger partial charge is 0.340 e. The van der Waals surface area contributed by atoms with Gasteiger partial charge < -0.3 is 4.90 Å². The molecule has 0 N–H and O–H groups in total. The van der Waals surface area contributed by atoms with Crippen molar-refractivity contribution in [3.63, 3.8) is 0 Å². The van der Waals surface area contributed by atoms with E-state index in [-0.39, 0.29) is 0 Å². The van der Waals surface area contributed by atoms with Gasteiger partial charge in [0.25, 0.3) is 12.1 Å². The topological polar surface area (TPSA) is 44.1 Å². The molecule has 0 heterocycles. The van der Waals surface area contributed by atoms with Crippen molar-refractivity contribution in [3.05, 3.63) is 0 Å². The lowest BCUT2D eigenvalue weighted by Crippen LogP contribution is -2.36. The first-order valence-electron chi connectivity index (χ1n) is 3.49. The number of rotatable bonds is 3. The van der Waals surface area contributed by atoms with E-state index < -0.39 is 12.1 Å². The molecule has 0 bridgehead atoms. The molecule has 1 atom stereocenters. The lowest BCUT2D eigenvalue weighted by Gasteiger charge is -2.17. The van der Waals surface area contributed by atoms with E-state index in [1.54, 1.807) is 13.8 Å². The van der Waals surface area contributed by atoms with Crippen LogP contribution in [0, 0.1) is 11.3 Å². The second kappa shape index (κ2) is 4.67. The molecule has 0 radical (unpaired) electrons. The maximum Gasteiger partial charge on any atom is 0.271 e. The average Bonchev–Trinajstić information content (AvgIpc) is 2.05. The minimum atomic E-state index is -2.00. The molecular weight excluding hydrogens is 147 g/mol. The van der Waals surface area contributed by atoms with Crippen LogP contribution in [0.1, 0.15) is 13.8 Å². The summed E-state index contributed by atoms with van der Waals surface area (Å²) in [6.45, 7) is 4.37. The lowest BCUT2D eigenvalue weighted by molar-refractivity contribution is -0.134. The first-order chi connectivity index (χ1) is 5.17. The molecule has 0 aliphatic carbocycles. The summed E-state index contributed by atoms with van der Waals surface area (Å²) in [7, 11) is 0. The first-order valence-corrected chi connectivity index (χ1v) is 3.49. The Bertz CT molecular complexity index is 172. The Labute approximate surface area is 65.4 Å². The van der Waals surface area contributed by atoms with Gasteiger partial charge in [-0.3, -0.25) is 4.79 Å². The van der Waals surface area contributed by atoms with Crippen molar-refractivity contribution in [2.24, 2.45) is 0 Å². The van der Waals surface area contributed by atoms with Crippen LogP contribution in [-0.4, -0.2) is 30.1 Å². The molecule has 0 fully saturated rings. The standard InChI is InChI=1S/C7H11FN2O/c1-3-10(4-2)7(11)6(8)5-9/h6H,3-4H2,1-2H3/t6-/m0/s1. The molecule has 0 aromatic heterocycles. The fourth-order valence-electron chi connectivity index (χ4n) is 0.751. The molecule has 0 unspecified atom stereocenters. The summed E-state index contributed by atoms with van der Waals surface area (Å²) in [6.07, 6.45) is -2.00. The fourth-order valence-corrected chi connectivity index (χ4v) is 0.751. The number of halogens is 1. The third kappa shape index (κ3) is 2.54. The van der Waals surface area contributed by atoms with Crippen molar-refractivity contribution < 1.29 is 9.18 Å². The summed E-state index contributed by atoms with van der Waals surface area (Å²) in [5.41, 5.74) is 0. The van der Waals surface area contributed by atoms with Crippen LogP contribution in [0.5, 0.6) is 0 Å². The van der Waals surface area contributed by atoms with Gasteiger partial charge in [-0.2, -0.15) is 5.26 Å². The fraction of sp³-hybridized carbons (Fsp3) is 0.714. The van der Waals surface area contributed by atoms with Crippen molar-refractivity contribution >= 4 is 5.91 Å². The highest BCUT2D eigenvalue weighted by atomic mass is 19.1. The average molecular weight is 158 g/mol. The van der Waals surface area contributed by atoms with Crippen molar-refractivity contribution in [1.29, 1.82) is 5.26 Å². The van der Waals surface area contributed by atoms with Gasteiger partial charge >= 0.3 is 0 Å². The maximum absolute atomic E-state index is 12.4. The van der Waals surface area contributed by atoms with E-state index in [4.69, 9.17) is 5.26 Å². The van der Waals surface area contributed by atoms with Gasteiger partial charge in [-0.1, -0.05) is 0 Å². The number of carbonyl (C=O) groups is 1. The highest BCUT2D eigenvalue weighted by Gasteiger charge is 2.20. The van der Waals surface area contributed by atoms with Crippen LogP contribution in [0.15, 0.2) is 0 Å². The number of carbonyl (C=O) groups excluding carboxylic acids is 1. The molecule has 0 aliphatic rings. The zero-order chi connectivity index (χ0) is 8.85. The quantitative estimate of drug-likeness (QED) is 0.607. The van der Waals surface area contributed by atoms with Crippen LogP contribution in [0.3, 0.4) is 0 Å². The summed E-state index contributed by atoms with van der Waals surface area (Å²) in [4.78, 5) is 12.2. The highest BCUT2D eigenvalue weighted by molar-refractivity contribution is 5.83. The van der Waals surface area contributed by atoms with Gasteiger partial charge in [0.2, 0.25) is 0 Å². The number of alkyl halides is 1. The minimum absolute atomic E-state index is 0.442. The van der Waals surface area contributed by atoms with Crippen LogP contribution < -0.4 is 0 Å². The third-order valence-corrected chi connectivity index (χ3v) is 1.41. The van der Waals surface area contributed by atoms with Crippen molar-refractivity contribution in [2.75, 3.05) is 13.1 Å². The monoisotopic (exact) mass is 158 g/mol. The summed E-state index contributed by atoms with van der Waals surface area (Å²) in [6, 6.07) is 1.26. The van der Waals surface area contributed by atoms with E-state index in [0.29, 0.717) is 13.1 Å². The lowest BCUT2D eigenvalue weighted by atomic mass is 10.3. The van der Waals surface area contributed by atoms with E-state index >= 15 is 0 Å². The van der Waals surface area contributed by atoms with Crippen molar-refractivity contribution in [1.82, 2.24) is 4.90 Å². The zero-order valence-electron chi connectivity index (χ0n) is 6.67. The normalized spacial score (nSPS) is 11.8. The van der Waals surface area contributed by atoms with Crippen LogP contribution in [0.2, 0.25) is 0 Å². The van der Waals surface area contributed by atoms with Crippen molar-refractivity contribution in [3.8, 4) is 6.07 Å². The molecule has 1 amide bonds. The van der Waals surface area contributed by atoms with Crippen LogP contribution >= 0.6 is 0 Å². The Morgan fingerprint density at radius 3 is 2.36 bits per heavy atom. The Hall–Kier alpha value is -1.11. The number of hydrogen-bond acceptors (Lipinski definition) is 2. The summed E-state index contributed by atoms with van der Waals surface area (Å²) < 4.78 is 12.4. The molecule has 0 aliphatic heterocycles. The molecule has 62 valence electrons. The first kappa shape index (κ1) is 9.89. The highest BCUT2D eigenvalue weighted by Crippen LogP contribution is 1.97. The molecule has 0 spiro atoms. The summed E-state index contributed by atoms with van der Waals surface area (Å²) in [5, 5.41) is 8.07. The summed E-state index contributed by atoms with van der Waals surface area (Å²) in [5.74, 6) is -0.738. The SMILES string of the molecule is CCN(CC)C(=O)[C@@H](F)C#N. The predicted molar refractivity (Wildman–Crippen MR) is 38.4 cm³/mol. The number of hydrogen-bond donors (Lipinski definition) is 0.